The number of aromatic nitrogens is 1. The van der Waals surface area contributed by atoms with Gasteiger partial charge in [-0.2, -0.15) is 5.11 Å². The number of anilines is 4. The zero-order valence-corrected chi connectivity index (χ0v) is 31.7. The summed E-state index contributed by atoms with van der Waals surface area (Å²) in [6.45, 7) is 12.4. The van der Waals surface area contributed by atoms with Gasteiger partial charge in [0.05, 0.1) is 22.4 Å². The lowest BCUT2D eigenvalue weighted by Crippen LogP contribution is -2.14. The minimum absolute atomic E-state index is 0.554. The van der Waals surface area contributed by atoms with Crippen molar-refractivity contribution in [2.45, 2.75) is 16.7 Å². The first-order valence-electron chi connectivity index (χ1n) is 17.9. The summed E-state index contributed by atoms with van der Waals surface area (Å²) in [6, 6.07) is 50.6. The third kappa shape index (κ3) is 8.68. The largest absolute Gasteiger partial charge is 0.360 e. The molecule has 270 valence electrons. The van der Waals surface area contributed by atoms with Crippen molar-refractivity contribution in [1.82, 2.24) is 4.57 Å². The molecule has 0 aliphatic carbocycles. The number of hydrogen-bond acceptors (Lipinski definition) is 5. The minimum Gasteiger partial charge on any atom is -0.360 e. The van der Waals surface area contributed by atoms with Crippen molar-refractivity contribution < 1.29 is 0 Å². The van der Waals surface area contributed by atoms with E-state index in [0.717, 1.165) is 22.6 Å². The number of nitrogens with zero attached hydrogens (tertiary/aromatic N) is 3. The van der Waals surface area contributed by atoms with Crippen LogP contribution in [-0.2, 0) is 0 Å². The molecule has 0 saturated carbocycles. The van der Waals surface area contributed by atoms with Gasteiger partial charge in [-0.05, 0) is 79.7 Å². The topological polar surface area (TPSA) is 56.4 Å². The molecule has 0 fully saturated rings. The second-order valence-corrected chi connectivity index (χ2v) is 13.3. The summed E-state index contributed by atoms with van der Waals surface area (Å²) >= 11 is 1.81. The third-order valence-electron chi connectivity index (χ3n) is 8.77. The van der Waals surface area contributed by atoms with Gasteiger partial charge in [0.2, 0.25) is 0 Å². The quantitative estimate of drug-likeness (QED) is 0.115. The molecule has 0 radical (unpaired) electrons. The van der Waals surface area contributed by atoms with E-state index in [1.165, 1.54) is 43.0 Å². The van der Waals surface area contributed by atoms with Crippen LogP contribution in [0.15, 0.2) is 229 Å². The van der Waals surface area contributed by atoms with Crippen molar-refractivity contribution in [3.63, 3.8) is 0 Å². The molecule has 1 aromatic heterocycles. The van der Waals surface area contributed by atoms with Gasteiger partial charge in [0, 0.05) is 49.4 Å². The third-order valence-corrected chi connectivity index (χ3v) is 9.90. The predicted octanol–water partition coefficient (Wildman–Crippen LogP) is 14.8. The molecule has 2 heterocycles. The van der Waals surface area contributed by atoms with Crippen LogP contribution in [0.4, 0.5) is 22.7 Å². The average Bonchev–Trinajstić information content (AvgIpc) is 3.58. The molecule has 5 nitrogen and oxygen atoms in total. The predicted molar refractivity (Wildman–Crippen MR) is 237 cm³/mol. The van der Waals surface area contributed by atoms with Gasteiger partial charge < -0.3 is 14.8 Å². The molecule has 7 aromatic rings. The van der Waals surface area contributed by atoms with Crippen LogP contribution in [-0.4, -0.2) is 4.57 Å². The fraction of sp³-hybridized carbons (Fsp3) is 0.0204. The zero-order chi connectivity index (χ0) is 38.4. The van der Waals surface area contributed by atoms with Crippen molar-refractivity contribution in [1.29, 1.82) is 5.53 Å². The van der Waals surface area contributed by atoms with Crippen LogP contribution in [0.25, 0.3) is 33.2 Å². The monoisotopic (exact) mass is 733 g/mol. The number of benzene rings is 6. The first kappa shape index (κ1) is 37.9. The van der Waals surface area contributed by atoms with Crippen LogP contribution in [0.5, 0.6) is 0 Å². The number of allylic oxidation sites excluding steroid dienone is 7. The summed E-state index contributed by atoms with van der Waals surface area (Å²) in [5, 5.41) is 9.65. The van der Waals surface area contributed by atoms with Crippen molar-refractivity contribution in [3.05, 3.63) is 220 Å². The number of rotatable bonds is 9. The Labute approximate surface area is 328 Å². The van der Waals surface area contributed by atoms with Crippen LogP contribution in [0.2, 0.25) is 0 Å². The average molecular weight is 734 g/mol. The highest BCUT2D eigenvalue weighted by Gasteiger charge is 2.24. The van der Waals surface area contributed by atoms with Crippen LogP contribution in [0, 0.1) is 5.53 Å². The van der Waals surface area contributed by atoms with Gasteiger partial charge in [0.25, 0.3) is 0 Å². The molecule has 8 rings (SSSR count). The lowest BCUT2D eigenvalue weighted by Gasteiger charge is -2.32. The van der Waals surface area contributed by atoms with E-state index in [0.29, 0.717) is 5.70 Å². The van der Waals surface area contributed by atoms with Gasteiger partial charge in [-0.3, -0.25) is 0 Å². The molecule has 6 aromatic carbocycles. The highest BCUT2D eigenvalue weighted by Crippen LogP contribution is 2.51. The lowest BCUT2D eigenvalue weighted by molar-refractivity contribution is 1.14. The van der Waals surface area contributed by atoms with Gasteiger partial charge >= 0.3 is 0 Å². The summed E-state index contributed by atoms with van der Waals surface area (Å²) < 4.78 is 2.29. The highest BCUT2D eigenvalue weighted by atomic mass is 32.2. The lowest BCUT2D eigenvalue weighted by atomic mass is 10.1. The molecule has 0 saturated heterocycles. The maximum absolute atomic E-state index is 7.88. The number of fused-ring (bicyclic) bond motifs is 5. The minimum atomic E-state index is 0.554. The number of nitrogens with one attached hydrogen (secondary N) is 2. The molecule has 0 bridgehead atoms. The van der Waals surface area contributed by atoms with E-state index in [1.807, 2.05) is 43.4 Å². The molecule has 1 aliphatic rings. The van der Waals surface area contributed by atoms with E-state index >= 15 is 0 Å². The fourth-order valence-corrected chi connectivity index (χ4v) is 7.35. The van der Waals surface area contributed by atoms with Gasteiger partial charge in [0.15, 0.2) is 0 Å². The van der Waals surface area contributed by atoms with E-state index in [1.54, 1.807) is 36.2 Å². The van der Waals surface area contributed by atoms with Crippen molar-refractivity contribution in [3.8, 4) is 5.69 Å². The summed E-state index contributed by atoms with van der Waals surface area (Å²) in [5.74, 6) is 0. The first-order valence-corrected chi connectivity index (χ1v) is 18.8. The van der Waals surface area contributed by atoms with Crippen molar-refractivity contribution in [2.75, 3.05) is 10.2 Å². The number of para-hydroxylation sites is 4. The Balaban J connectivity index is 0.000000413. The van der Waals surface area contributed by atoms with Gasteiger partial charge in [0.1, 0.15) is 5.70 Å². The molecule has 0 spiro atoms. The fourth-order valence-electron chi connectivity index (χ4n) is 6.30. The molecule has 0 amide bonds. The molecule has 0 unspecified atom stereocenters. The maximum atomic E-state index is 7.88. The molecule has 55 heavy (non-hydrogen) atoms. The standard InChI is InChI=1S/C38H27N5S.C6H8.C5H8/c39-41-32(26-17-21-28(22-18-26)42-33-11-3-1-9-30(33)31-10-2-4-12-34(31)42)25-40-27-19-23-29(24-20-27)43-35-13-5-7-15-37(35)44-38-16-8-6-14-36(38)43;1-3-5-6-4-2;1-3-5-4-2/h1-25,39-40H;3-6H,1-2H2;3-5H,1H2,2H3/b32-25-,41-39?;6-5-;5-4-. The summed E-state index contributed by atoms with van der Waals surface area (Å²) in [7, 11) is 0. The Hall–Kier alpha value is -6.89. The Kier molecular flexibility index (Phi) is 12.9. The summed E-state index contributed by atoms with van der Waals surface area (Å²) in [6.07, 6.45) is 14.4. The first-order chi connectivity index (χ1) is 27.1. The Bertz CT molecular complexity index is 2410. The van der Waals surface area contributed by atoms with Gasteiger partial charge in [-0.1, -0.05) is 147 Å². The molecule has 6 heteroatoms. The molecule has 0 atom stereocenters. The second kappa shape index (κ2) is 18.7. The maximum Gasteiger partial charge on any atom is 0.108 e. The van der Waals surface area contributed by atoms with E-state index in [2.05, 4.69) is 173 Å². The second-order valence-electron chi connectivity index (χ2n) is 12.2. The van der Waals surface area contributed by atoms with Crippen LogP contribution < -0.4 is 10.2 Å². The Morgan fingerprint density at radius 1 is 0.600 bits per heavy atom. The Morgan fingerprint density at radius 2 is 1.09 bits per heavy atom. The zero-order valence-electron chi connectivity index (χ0n) is 30.8. The van der Waals surface area contributed by atoms with E-state index < -0.39 is 0 Å². The highest BCUT2D eigenvalue weighted by molar-refractivity contribution is 7.99. The Morgan fingerprint density at radius 3 is 1.58 bits per heavy atom. The van der Waals surface area contributed by atoms with E-state index in [9.17, 15) is 0 Å². The van der Waals surface area contributed by atoms with Crippen LogP contribution in [0.1, 0.15) is 12.5 Å². The smallest absolute Gasteiger partial charge is 0.108 e. The summed E-state index contributed by atoms with van der Waals surface area (Å²) in [5.41, 5.74) is 17.1. The molecule has 2 N–H and O–H groups in total. The SMILES string of the molecule is C=C/C=C\C.C=C/C=C\C=C.N=N/C(=C\Nc1ccc(N2c3ccccc3Sc3ccccc32)cc1)c1ccc(-n2c3ccccc3c3ccccc32)cc1. The normalized spacial score (nSPS) is 11.9. The van der Waals surface area contributed by atoms with Crippen LogP contribution in [0.3, 0.4) is 0 Å². The van der Waals surface area contributed by atoms with Crippen LogP contribution >= 0.6 is 11.8 Å². The molecular formula is C49H43N5S. The van der Waals surface area contributed by atoms with Gasteiger partial charge in [-0.25, -0.2) is 5.53 Å². The number of hydrogen-bond donors (Lipinski definition) is 2. The van der Waals surface area contributed by atoms with Gasteiger partial charge in [-0.15, -0.1) is 0 Å². The van der Waals surface area contributed by atoms with Crippen molar-refractivity contribution in [2.24, 2.45) is 5.11 Å². The van der Waals surface area contributed by atoms with E-state index in [4.69, 9.17) is 5.53 Å². The molecule has 1 aliphatic heterocycles. The summed E-state index contributed by atoms with van der Waals surface area (Å²) in [4.78, 5) is 4.79. The van der Waals surface area contributed by atoms with Crippen molar-refractivity contribution >= 4 is 62.0 Å². The molecular weight excluding hydrogens is 691 g/mol. The van der Waals surface area contributed by atoms with E-state index in [-0.39, 0.29) is 0 Å².